The molecule has 0 atom stereocenters. The summed E-state index contributed by atoms with van der Waals surface area (Å²) in [5, 5.41) is 9.99. The van der Waals surface area contributed by atoms with Crippen molar-refractivity contribution >= 4 is 17.9 Å². The average molecular weight is 367 g/mol. The number of rotatable bonds is 7. The summed E-state index contributed by atoms with van der Waals surface area (Å²) in [5.74, 6) is -0.911. The number of nitrogens with one attached hydrogen (secondary N) is 1. The fourth-order valence-electron chi connectivity index (χ4n) is 2.24. The molecule has 1 aromatic heterocycles. The zero-order valence-electron chi connectivity index (χ0n) is 14.5. The summed E-state index contributed by atoms with van der Waals surface area (Å²) in [4.78, 5) is 23.9. The minimum absolute atomic E-state index is 0.0705. The molecule has 27 heavy (non-hydrogen) atoms. The smallest absolute Gasteiger partial charge is 0.338 e. The maximum Gasteiger partial charge on any atom is 0.338 e. The molecule has 8 heteroatoms. The molecular weight excluding hydrogens is 350 g/mol. The lowest BCUT2D eigenvalue weighted by Crippen LogP contribution is -2.21. The van der Waals surface area contributed by atoms with Crippen molar-refractivity contribution in [2.45, 2.75) is 6.61 Å². The Morgan fingerprint density at radius 1 is 1.04 bits per heavy atom. The first kappa shape index (κ1) is 18.3. The van der Waals surface area contributed by atoms with E-state index in [1.165, 1.54) is 0 Å². The zero-order chi connectivity index (χ0) is 19.1. The van der Waals surface area contributed by atoms with Crippen molar-refractivity contribution < 1.29 is 23.5 Å². The Morgan fingerprint density at radius 2 is 1.78 bits per heavy atom. The Labute approximate surface area is 155 Å². The number of hydrogen-bond acceptors (Lipinski definition) is 7. The lowest BCUT2D eigenvalue weighted by Gasteiger charge is -2.05. The van der Waals surface area contributed by atoms with Gasteiger partial charge in [0.25, 0.3) is 5.91 Å². The molecule has 1 heterocycles. The molecule has 0 aliphatic carbocycles. The standard InChI is InChI=1S/C19H17N3O5/c1-25-11-13-7-9-15(10-8-13)18(24)26-12-16(23)20-19-22-21-17(27-19)14-5-3-2-4-6-14/h2-10H,11-12H2,1H3,(H,20,22,23). The molecule has 0 aliphatic heterocycles. The van der Waals surface area contributed by atoms with Crippen LogP contribution in [0.5, 0.6) is 0 Å². The summed E-state index contributed by atoms with van der Waals surface area (Å²) in [6.07, 6.45) is 0. The van der Waals surface area contributed by atoms with Gasteiger partial charge in [0.2, 0.25) is 5.89 Å². The Morgan fingerprint density at radius 3 is 2.48 bits per heavy atom. The molecule has 0 fully saturated rings. The van der Waals surface area contributed by atoms with Gasteiger partial charge in [-0.2, -0.15) is 0 Å². The first-order valence-corrected chi connectivity index (χ1v) is 8.09. The van der Waals surface area contributed by atoms with Crippen molar-refractivity contribution in [2.75, 3.05) is 19.0 Å². The zero-order valence-corrected chi connectivity index (χ0v) is 14.5. The number of benzene rings is 2. The van der Waals surface area contributed by atoms with E-state index in [-0.39, 0.29) is 11.9 Å². The van der Waals surface area contributed by atoms with Crippen LogP contribution in [0.3, 0.4) is 0 Å². The van der Waals surface area contributed by atoms with Crippen LogP contribution >= 0.6 is 0 Å². The molecule has 3 aromatic rings. The topological polar surface area (TPSA) is 104 Å². The first-order valence-electron chi connectivity index (χ1n) is 8.09. The number of anilines is 1. The van der Waals surface area contributed by atoms with Crippen LogP contribution in [0.25, 0.3) is 11.5 Å². The van der Waals surface area contributed by atoms with E-state index in [0.29, 0.717) is 12.2 Å². The molecule has 0 bridgehead atoms. The third-order valence-electron chi connectivity index (χ3n) is 3.53. The highest BCUT2D eigenvalue weighted by atomic mass is 16.5. The van der Waals surface area contributed by atoms with Crippen molar-refractivity contribution in [3.05, 3.63) is 65.7 Å². The molecule has 0 saturated carbocycles. The van der Waals surface area contributed by atoms with Gasteiger partial charge in [-0.1, -0.05) is 35.4 Å². The molecule has 3 rings (SSSR count). The number of ether oxygens (including phenoxy) is 2. The van der Waals surface area contributed by atoms with Crippen LogP contribution < -0.4 is 5.32 Å². The highest BCUT2D eigenvalue weighted by Crippen LogP contribution is 2.18. The number of nitrogens with zero attached hydrogens (tertiary/aromatic N) is 2. The minimum atomic E-state index is -0.607. The minimum Gasteiger partial charge on any atom is -0.452 e. The van der Waals surface area contributed by atoms with Crippen LogP contribution in [0.4, 0.5) is 6.01 Å². The largest absolute Gasteiger partial charge is 0.452 e. The molecule has 0 aliphatic rings. The number of amides is 1. The van der Waals surface area contributed by atoms with Crippen LogP contribution in [0.15, 0.2) is 59.0 Å². The molecule has 0 saturated heterocycles. The second-order valence-electron chi connectivity index (χ2n) is 5.53. The van der Waals surface area contributed by atoms with Gasteiger partial charge in [0.05, 0.1) is 12.2 Å². The van der Waals surface area contributed by atoms with E-state index < -0.39 is 18.5 Å². The van der Waals surface area contributed by atoms with E-state index >= 15 is 0 Å². The van der Waals surface area contributed by atoms with Gasteiger partial charge in [0.15, 0.2) is 6.61 Å². The highest BCUT2D eigenvalue weighted by molar-refractivity contribution is 5.94. The van der Waals surface area contributed by atoms with Gasteiger partial charge in [0, 0.05) is 12.7 Å². The third-order valence-corrected chi connectivity index (χ3v) is 3.53. The summed E-state index contributed by atoms with van der Waals surface area (Å²) < 4.78 is 15.3. The second-order valence-corrected chi connectivity index (χ2v) is 5.53. The lowest BCUT2D eigenvalue weighted by atomic mass is 10.1. The number of hydrogen-bond donors (Lipinski definition) is 1. The predicted molar refractivity (Wildman–Crippen MR) is 95.8 cm³/mol. The van der Waals surface area contributed by atoms with Gasteiger partial charge < -0.3 is 13.9 Å². The second kappa shape index (κ2) is 8.72. The van der Waals surface area contributed by atoms with Gasteiger partial charge in [-0.15, -0.1) is 5.10 Å². The Balaban J connectivity index is 1.51. The summed E-state index contributed by atoms with van der Waals surface area (Å²) >= 11 is 0. The maximum atomic E-state index is 12.0. The first-order chi connectivity index (χ1) is 13.2. The molecule has 0 radical (unpaired) electrons. The number of methoxy groups -OCH3 is 1. The number of carbonyl (C=O) groups is 2. The van der Waals surface area contributed by atoms with Crippen molar-refractivity contribution in [1.82, 2.24) is 10.2 Å². The summed E-state index contributed by atoms with van der Waals surface area (Å²) in [6, 6.07) is 15.8. The van der Waals surface area contributed by atoms with Crippen LogP contribution in [0.1, 0.15) is 15.9 Å². The molecule has 1 N–H and O–H groups in total. The van der Waals surface area contributed by atoms with Crippen molar-refractivity contribution in [3.63, 3.8) is 0 Å². The van der Waals surface area contributed by atoms with Crippen molar-refractivity contribution in [2.24, 2.45) is 0 Å². The van der Waals surface area contributed by atoms with Crippen molar-refractivity contribution in [3.8, 4) is 11.5 Å². The summed E-state index contributed by atoms with van der Waals surface area (Å²) in [5.41, 5.74) is 2.00. The van der Waals surface area contributed by atoms with Crippen LogP contribution in [-0.2, 0) is 20.9 Å². The lowest BCUT2D eigenvalue weighted by molar-refractivity contribution is -0.119. The molecule has 138 valence electrons. The molecule has 1 amide bonds. The quantitative estimate of drug-likeness (QED) is 0.640. The van der Waals surface area contributed by atoms with E-state index in [9.17, 15) is 9.59 Å². The van der Waals surface area contributed by atoms with Crippen LogP contribution in [-0.4, -0.2) is 35.8 Å². The Kier molecular flexibility index (Phi) is 5.91. The summed E-state index contributed by atoms with van der Waals surface area (Å²) in [6.45, 7) is -0.0193. The van der Waals surface area contributed by atoms with E-state index in [1.54, 1.807) is 43.5 Å². The fourth-order valence-corrected chi connectivity index (χ4v) is 2.24. The molecule has 8 nitrogen and oxygen atoms in total. The molecule has 0 unspecified atom stereocenters. The molecule has 0 spiro atoms. The number of esters is 1. The van der Waals surface area contributed by atoms with Gasteiger partial charge in [-0.25, -0.2) is 4.79 Å². The van der Waals surface area contributed by atoms with Gasteiger partial charge in [-0.05, 0) is 29.8 Å². The van der Waals surface area contributed by atoms with Crippen LogP contribution in [0.2, 0.25) is 0 Å². The van der Waals surface area contributed by atoms with Gasteiger partial charge >= 0.3 is 12.0 Å². The molecular formula is C19H17N3O5. The Bertz CT molecular complexity index is 907. The highest BCUT2D eigenvalue weighted by Gasteiger charge is 2.14. The van der Waals surface area contributed by atoms with E-state index in [1.807, 2.05) is 18.2 Å². The monoisotopic (exact) mass is 367 g/mol. The number of aromatic nitrogens is 2. The van der Waals surface area contributed by atoms with Crippen LogP contribution in [0, 0.1) is 0 Å². The predicted octanol–water partition coefficient (Wildman–Crippen LogP) is 2.68. The van der Waals surface area contributed by atoms with E-state index in [4.69, 9.17) is 13.9 Å². The number of carbonyl (C=O) groups excluding carboxylic acids is 2. The molecule has 2 aromatic carbocycles. The van der Waals surface area contributed by atoms with E-state index in [2.05, 4.69) is 15.5 Å². The fraction of sp³-hybridized carbons (Fsp3) is 0.158. The maximum absolute atomic E-state index is 12.0. The third kappa shape index (κ3) is 4.99. The normalized spacial score (nSPS) is 10.4. The van der Waals surface area contributed by atoms with Gasteiger partial charge in [-0.3, -0.25) is 10.1 Å². The summed E-state index contributed by atoms with van der Waals surface area (Å²) in [7, 11) is 1.59. The SMILES string of the molecule is COCc1ccc(C(=O)OCC(=O)Nc2nnc(-c3ccccc3)o2)cc1. The van der Waals surface area contributed by atoms with Crippen molar-refractivity contribution in [1.29, 1.82) is 0 Å². The van der Waals surface area contributed by atoms with Gasteiger partial charge in [0.1, 0.15) is 0 Å². The average Bonchev–Trinajstić information content (AvgIpc) is 3.16. The Hall–Kier alpha value is -3.52. The van der Waals surface area contributed by atoms with E-state index in [0.717, 1.165) is 11.1 Å².